The molecule has 1 aliphatic rings. The molecule has 0 bridgehead atoms. The summed E-state index contributed by atoms with van der Waals surface area (Å²) in [5.74, 6) is 0.377. The van der Waals surface area contributed by atoms with E-state index in [9.17, 15) is 4.79 Å². The van der Waals surface area contributed by atoms with Gasteiger partial charge in [0.25, 0.3) is 0 Å². The number of hydrogen-bond acceptors (Lipinski definition) is 4. The van der Waals surface area contributed by atoms with E-state index in [0.29, 0.717) is 5.82 Å². The van der Waals surface area contributed by atoms with Crippen LogP contribution in [-0.4, -0.2) is 26.1 Å². The van der Waals surface area contributed by atoms with Crippen LogP contribution in [0.4, 0.5) is 0 Å². The van der Waals surface area contributed by atoms with E-state index in [1.165, 1.54) is 35.2 Å². The molecule has 0 saturated heterocycles. The molecule has 0 radical (unpaired) electrons. The van der Waals surface area contributed by atoms with Gasteiger partial charge < -0.3 is 5.32 Å². The third kappa shape index (κ3) is 3.80. The second-order valence-electron chi connectivity index (χ2n) is 6.82. The van der Waals surface area contributed by atoms with E-state index < -0.39 is 0 Å². The smallest absolute Gasteiger partial charge is 0.228 e. The molecule has 0 unspecified atom stereocenters. The van der Waals surface area contributed by atoms with E-state index >= 15 is 0 Å². The number of carbonyl (C=O) groups excluding carboxylic acids is 1. The van der Waals surface area contributed by atoms with Gasteiger partial charge in [-0.15, -0.1) is 10.2 Å². The average Bonchev–Trinajstić information content (AvgIpc) is 3.03. The van der Waals surface area contributed by atoms with Gasteiger partial charge in [0.1, 0.15) is 0 Å². The fraction of sp³-hybridized carbons (Fsp3) is 0.556. The summed E-state index contributed by atoms with van der Waals surface area (Å²) in [6, 6.07) is 6.70. The molecule has 3 rings (SSSR count). The van der Waals surface area contributed by atoms with E-state index in [0.717, 1.165) is 12.0 Å². The molecule has 1 amide bonds. The number of benzene rings is 1. The number of carbonyl (C=O) groups is 1. The first-order valence-corrected chi connectivity index (χ1v) is 8.72. The van der Waals surface area contributed by atoms with Crippen molar-refractivity contribution in [2.75, 3.05) is 0 Å². The maximum atomic E-state index is 12.2. The molecule has 1 heterocycles. The van der Waals surface area contributed by atoms with E-state index in [2.05, 4.69) is 38.9 Å². The van der Waals surface area contributed by atoms with Crippen molar-refractivity contribution in [3.05, 3.63) is 40.7 Å². The molecule has 0 saturated carbocycles. The van der Waals surface area contributed by atoms with Crippen LogP contribution < -0.4 is 5.32 Å². The number of nitrogens with one attached hydrogen (secondary N) is 1. The topological polar surface area (TPSA) is 72.7 Å². The number of fused-ring (bicyclic) bond motifs is 1. The van der Waals surface area contributed by atoms with Crippen molar-refractivity contribution in [2.45, 2.75) is 65.0 Å². The molecule has 128 valence electrons. The van der Waals surface area contributed by atoms with Gasteiger partial charge in [0, 0.05) is 0 Å². The molecule has 6 nitrogen and oxygen atoms in total. The summed E-state index contributed by atoms with van der Waals surface area (Å²) >= 11 is 0. The van der Waals surface area contributed by atoms with E-state index in [4.69, 9.17) is 0 Å². The summed E-state index contributed by atoms with van der Waals surface area (Å²) in [5.41, 5.74) is 4.04. The summed E-state index contributed by atoms with van der Waals surface area (Å²) in [7, 11) is 0. The first kappa shape index (κ1) is 16.6. The average molecular weight is 327 g/mol. The first-order chi connectivity index (χ1) is 11.5. The minimum absolute atomic E-state index is 0.0233. The Morgan fingerprint density at radius 3 is 2.67 bits per heavy atom. The van der Waals surface area contributed by atoms with Crippen molar-refractivity contribution in [1.29, 1.82) is 0 Å². The Balaban J connectivity index is 1.61. The molecule has 24 heavy (non-hydrogen) atoms. The number of aromatic nitrogens is 4. The predicted molar refractivity (Wildman–Crippen MR) is 91.5 cm³/mol. The second kappa shape index (κ2) is 7.11. The first-order valence-electron chi connectivity index (χ1n) is 8.72. The molecule has 0 aliphatic heterocycles. The summed E-state index contributed by atoms with van der Waals surface area (Å²) in [6.45, 7) is 5.97. The molecule has 1 atom stereocenters. The lowest BCUT2D eigenvalue weighted by atomic mass is 9.89. The van der Waals surface area contributed by atoms with Gasteiger partial charge in [0.05, 0.1) is 18.5 Å². The highest BCUT2D eigenvalue weighted by Gasteiger charge is 2.16. The van der Waals surface area contributed by atoms with Gasteiger partial charge in [-0.05, 0) is 68.4 Å². The summed E-state index contributed by atoms with van der Waals surface area (Å²) in [6.07, 6.45) is 5.01. The van der Waals surface area contributed by atoms with Crippen LogP contribution in [0, 0.1) is 0 Å². The molecule has 1 aliphatic carbocycles. The normalized spacial score (nSPS) is 15.2. The Labute approximate surface area is 142 Å². The fourth-order valence-electron chi connectivity index (χ4n) is 3.09. The van der Waals surface area contributed by atoms with Gasteiger partial charge in [-0.1, -0.05) is 18.2 Å². The molecular formula is C18H25N5O. The number of amides is 1. The van der Waals surface area contributed by atoms with Gasteiger partial charge in [-0.25, -0.2) is 0 Å². The van der Waals surface area contributed by atoms with Gasteiger partial charge >= 0.3 is 0 Å². The Morgan fingerprint density at radius 1 is 1.21 bits per heavy atom. The lowest BCUT2D eigenvalue weighted by Gasteiger charge is -2.20. The minimum Gasteiger partial charge on any atom is -0.349 e. The van der Waals surface area contributed by atoms with Crippen LogP contribution in [0.15, 0.2) is 18.2 Å². The zero-order valence-corrected chi connectivity index (χ0v) is 14.6. The molecular weight excluding hydrogens is 302 g/mol. The number of tetrazole rings is 1. The third-order valence-electron chi connectivity index (χ3n) is 4.50. The van der Waals surface area contributed by atoms with Crippen LogP contribution in [0.2, 0.25) is 0 Å². The quantitative estimate of drug-likeness (QED) is 0.916. The van der Waals surface area contributed by atoms with Crippen LogP contribution >= 0.6 is 0 Å². The van der Waals surface area contributed by atoms with Crippen molar-refractivity contribution in [3.8, 4) is 0 Å². The summed E-state index contributed by atoms with van der Waals surface area (Å²) in [4.78, 5) is 13.8. The summed E-state index contributed by atoms with van der Waals surface area (Å²) in [5, 5.41) is 15.1. The Bertz CT molecular complexity index is 722. The highest BCUT2D eigenvalue weighted by molar-refractivity contribution is 5.78. The van der Waals surface area contributed by atoms with Gasteiger partial charge in [-0.3, -0.25) is 4.79 Å². The lowest BCUT2D eigenvalue weighted by Crippen LogP contribution is -2.28. The molecule has 2 aromatic rings. The van der Waals surface area contributed by atoms with E-state index in [1.807, 2.05) is 20.8 Å². The second-order valence-corrected chi connectivity index (χ2v) is 6.82. The van der Waals surface area contributed by atoms with Crippen molar-refractivity contribution < 1.29 is 4.79 Å². The Hall–Kier alpha value is -2.24. The maximum absolute atomic E-state index is 12.2. The zero-order valence-electron chi connectivity index (χ0n) is 14.6. The number of aryl methyl sites for hydroxylation is 2. The molecule has 1 aromatic heterocycles. The Kier molecular flexibility index (Phi) is 4.92. The predicted octanol–water partition coefficient (Wildman–Crippen LogP) is 2.55. The largest absolute Gasteiger partial charge is 0.349 e. The molecule has 0 spiro atoms. The van der Waals surface area contributed by atoms with Crippen molar-refractivity contribution in [2.24, 2.45) is 0 Å². The molecule has 6 heteroatoms. The van der Waals surface area contributed by atoms with Crippen LogP contribution in [-0.2, 0) is 24.1 Å². The minimum atomic E-state index is -0.0801. The third-order valence-corrected chi connectivity index (χ3v) is 4.50. The zero-order chi connectivity index (χ0) is 17.1. The van der Waals surface area contributed by atoms with Gasteiger partial charge in [0.15, 0.2) is 5.82 Å². The Morgan fingerprint density at radius 2 is 1.96 bits per heavy atom. The van der Waals surface area contributed by atoms with E-state index in [-0.39, 0.29) is 24.4 Å². The highest BCUT2D eigenvalue weighted by Crippen LogP contribution is 2.24. The van der Waals surface area contributed by atoms with Crippen molar-refractivity contribution in [3.63, 3.8) is 0 Å². The lowest BCUT2D eigenvalue weighted by molar-refractivity contribution is -0.121. The number of hydrogen-bond donors (Lipinski definition) is 1. The monoisotopic (exact) mass is 327 g/mol. The van der Waals surface area contributed by atoms with Crippen LogP contribution in [0.5, 0.6) is 0 Å². The standard InChI is InChI=1S/C18H25N5O/c1-12(2)23-21-17(20-22-23)11-18(24)19-13(3)15-9-8-14-6-4-5-7-16(14)10-15/h8-10,12-13H,4-7,11H2,1-3H3,(H,19,24)/t13-/m1/s1. The van der Waals surface area contributed by atoms with Crippen LogP contribution in [0.1, 0.15) is 68.2 Å². The van der Waals surface area contributed by atoms with Crippen LogP contribution in [0.3, 0.4) is 0 Å². The van der Waals surface area contributed by atoms with Gasteiger partial charge in [0.2, 0.25) is 5.91 Å². The van der Waals surface area contributed by atoms with Crippen molar-refractivity contribution >= 4 is 5.91 Å². The summed E-state index contributed by atoms with van der Waals surface area (Å²) < 4.78 is 0. The number of nitrogens with zero attached hydrogens (tertiary/aromatic N) is 4. The molecule has 1 aromatic carbocycles. The molecule has 1 N–H and O–H groups in total. The van der Waals surface area contributed by atoms with Gasteiger partial charge in [-0.2, -0.15) is 4.80 Å². The van der Waals surface area contributed by atoms with Crippen LogP contribution in [0.25, 0.3) is 0 Å². The maximum Gasteiger partial charge on any atom is 0.228 e. The van der Waals surface area contributed by atoms with E-state index in [1.54, 1.807) is 0 Å². The van der Waals surface area contributed by atoms with Crippen molar-refractivity contribution in [1.82, 2.24) is 25.5 Å². The molecule has 0 fully saturated rings. The SMILES string of the molecule is CC(C)n1nnc(CC(=O)N[C@H](C)c2ccc3c(c2)CCCC3)n1. The fourth-order valence-corrected chi connectivity index (χ4v) is 3.09. The number of rotatable bonds is 5. The highest BCUT2D eigenvalue weighted by atomic mass is 16.1.